The van der Waals surface area contributed by atoms with Gasteiger partial charge >= 0.3 is 12.0 Å². The number of piperidine rings is 1. The minimum absolute atomic E-state index is 0.0895. The van der Waals surface area contributed by atoms with Crippen molar-refractivity contribution in [2.75, 3.05) is 25.4 Å². The monoisotopic (exact) mass is 322 g/mol. The minimum Gasteiger partial charge on any atom is -0.481 e. The van der Waals surface area contributed by atoms with Crippen LogP contribution in [-0.4, -0.2) is 47.4 Å². The average Bonchev–Trinajstić information content (AvgIpc) is 2.53. The van der Waals surface area contributed by atoms with E-state index in [1.54, 1.807) is 16.7 Å². The lowest BCUT2D eigenvalue weighted by Gasteiger charge is -2.30. The fraction of sp³-hybridized carbons (Fsp3) is 0.500. The summed E-state index contributed by atoms with van der Waals surface area (Å²) in [5.41, 5.74) is 1.24. The molecule has 1 aliphatic rings. The highest BCUT2D eigenvalue weighted by Crippen LogP contribution is 2.18. The zero-order chi connectivity index (χ0) is 15.9. The van der Waals surface area contributed by atoms with Crippen LogP contribution in [0.15, 0.2) is 29.2 Å². The maximum atomic E-state index is 12.0. The van der Waals surface area contributed by atoms with Crippen LogP contribution in [0.1, 0.15) is 18.4 Å². The molecule has 0 spiro atoms. The molecule has 2 N–H and O–H groups in total. The van der Waals surface area contributed by atoms with E-state index in [4.69, 9.17) is 5.11 Å². The van der Waals surface area contributed by atoms with Gasteiger partial charge in [-0.2, -0.15) is 0 Å². The van der Waals surface area contributed by atoms with Gasteiger partial charge in [0.2, 0.25) is 0 Å². The van der Waals surface area contributed by atoms with Crippen LogP contribution in [0.2, 0.25) is 0 Å². The van der Waals surface area contributed by atoms with Crippen molar-refractivity contribution in [2.45, 2.75) is 24.7 Å². The molecule has 120 valence electrons. The van der Waals surface area contributed by atoms with Crippen LogP contribution in [0.4, 0.5) is 4.79 Å². The summed E-state index contributed by atoms with van der Waals surface area (Å²) in [5, 5.41) is 11.8. The fourth-order valence-corrected chi connectivity index (χ4v) is 3.17. The number of carbonyl (C=O) groups is 2. The number of thioether (sulfide) groups is 1. The molecular weight excluding hydrogens is 300 g/mol. The molecule has 0 atom stereocenters. The van der Waals surface area contributed by atoms with E-state index in [1.165, 1.54) is 10.5 Å². The Morgan fingerprint density at radius 1 is 1.27 bits per heavy atom. The molecule has 1 heterocycles. The van der Waals surface area contributed by atoms with Crippen LogP contribution >= 0.6 is 11.8 Å². The second-order valence-electron chi connectivity index (χ2n) is 5.49. The summed E-state index contributed by atoms with van der Waals surface area (Å²) in [6.45, 7) is 3.71. The van der Waals surface area contributed by atoms with Crippen LogP contribution < -0.4 is 5.32 Å². The Morgan fingerprint density at radius 2 is 1.91 bits per heavy atom. The van der Waals surface area contributed by atoms with Gasteiger partial charge < -0.3 is 15.3 Å². The maximum Gasteiger partial charge on any atom is 0.317 e. The van der Waals surface area contributed by atoms with E-state index in [2.05, 4.69) is 36.5 Å². The van der Waals surface area contributed by atoms with Gasteiger partial charge in [-0.25, -0.2) is 4.79 Å². The number of nitrogens with zero attached hydrogens (tertiary/aromatic N) is 1. The molecule has 1 aromatic carbocycles. The summed E-state index contributed by atoms with van der Waals surface area (Å²) in [7, 11) is 0. The molecule has 2 rings (SSSR count). The van der Waals surface area contributed by atoms with Crippen LogP contribution in [0.3, 0.4) is 0 Å². The first-order valence-electron chi connectivity index (χ1n) is 7.51. The number of aryl methyl sites for hydroxylation is 1. The third kappa shape index (κ3) is 4.94. The summed E-state index contributed by atoms with van der Waals surface area (Å²) in [6, 6.07) is 8.23. The zero-order valence-corrected chi connectivity index (χ0v) is 13.6. The highest BCUT2D eigenvalue weighted by molar-refractivity contribution is 7.99. The Balaban J connectivity index is 1.64. The van der Waals surface area contributed by atoms with Gasteiger partial charge in [-0.05, 0) is 31.9 Å². The Bertz CT molecular complexity index is 511. The summed E-state index contributed by atoms with van der Waals surface area (Å²) < 4.78 is 0. The number of aliphatic carboxylic acids is 1. The van der Waals surface area contributed by atoms with E-state index < -0.39 is 5.97 Å². The number of carboxylic acids is 1. The lowest BCUT2D eigenvalue weighted by Crippen LogP contribution is -2.45. The predicted molar refractivity (Wildman–Crippen MR) is 87.2 cm³/mol. The van der Waals surface area contributed by atoms with Gasteiger partial charge in [0.05, 0.1) is 5.92 Å². The summed E-state index contributed by atoms with van der Waals surface area (Å²) in [4.78, 5) is 25.8. The summed E-state index contributed by atoms with van der Waals surface area (Å²) in [5.74, 6) is -0.240. The molecule has 0 aromatic heterocycles. The molecule has 22 heavy (non-hydrogen) atoms. The SMILES string of the molecule is Cc1ccc(SCCNC(=O)N2CCC(C(=O)O)CC2)cc1. The van der Waals surface area contributed by atoms with Crippen LogP contribution in [0, 0.1) is 12.8 Å². The van der Waals surface area contributed by atoms with E-state index in [-0.39, 0.29) is 11.9 Å². The van der Waals surface area contributed by atoms with Crippen molar-refractivity contribution >= 4 is 23.8 Å². The van der Waals surface area contributed by atoms with E-state index in [0.717, 1.165) is 5.75 Å². The van der Waals surface area contributed by atoms with E-state index in [0.29, 0.717) is 32.5 Å². The maximum absolute atomic E-state index is 12.0. The largest absolute Gasteiger partial charge is 0.481 e. The zero-order valence-electron chi connectivity index (χ0n) is 12.7. The Labute approximate surface area is 135 Å². The highest BCUT2D eigenvalue weighted by atomic mass is 32.2. The molecule has 1 saturated heterocycles. The first-order valence-corrected chi connectivity index (χ1v) is 8.50. The number of nitrogens with one attached hydrogen (secondary N) is 1. The van der Waals surface area contributed by atoms with Gasteiger partial charge in [0, 0.05) is 30.3 Å². The third-order valence-electron chi connectivity index (χ3n) is 3.80. The Morgan fingerprint density at radius 3 is 2.50 bits per heavy atom. The average molecular weight is 322 g/mol. The predicted octanol–water partition coefficient (Wildman–Crippen LogP) is 2.59. The van der Waals surface area contributed by atoms with Gasteiger partial charge in [0.1, 0.15) is 0 Å². The van der Waals surface area contributed by atoms with E-state index >= 15 is 0 Å². The number of hydrogen-bond donors (Lipinski definition) is 2. The van der Waals surface area contributed by atoms with Gasteiger partial charge in [0.15, 0.2) is 0 Å². The topological polar surface area (TPSA) is 69.6 Å². The Kier molecular flexibility index (Phi) is 6.12. The number of hydrogen-bond acceptors (Lipinski definition) is 3. The van der Waals surface area contributed by atoms with Crippen molar-refractivity contribution in [1.82, 2.24) is 10.2 Å². The minimum atomic E-state index is -0.755. The van der Waals surface area contributed by atoms with E-state index in [1.807, 2.05) is 0 Å². The molecule has 0 aliphatic carbocycles. The number of rotatable bonds is 5. The fourth-order valence-electron chi connectivity index (χ4n) is 2.40. The molecule has 2 amide bonds. The van der Waals surface area contributed by atoms with Crippen LogP contribution in [0.25, 0.3) is 0 Å². The standard InChI is InChI=1S/C16H22N2O3S/c1-12-2-4-14(5-3-12)22-11-8-17-16(21)18-9-6-13(7-10-18)15(19)20/h2-5,13H,6-11H2,1H3,(H,17,21)(H,19,20). The molecule has 0 saturated carbocycles. The van der Waals surface area contributed by atoms with Gasteiger partial charge in [-0.3, -0.25) is 4.79 Å². The number of carbonyl (C=O) groups excluding carboxylic acids is 1. The summed E-state index contributed by atoms with van der Waals surface area (Å²) in [6.07, 6.45) is 1.09. The summed E-state index contributed by atoms with van der Waals surface area (Å²) >= 11 is 1.71. The molecule has 0 unspecified atom stereocenters. The number of carboxylic acid groups (broad SMARTS) is 1. The Hall–Kier alpha value is -1.69. The first-order chi connectivity index (χ1) is 10.6. The van der Waals surface area contributed by atoms with Gasteiger partial charge in [0.25, 0.3) is 0 Å². The molecule has 1 aliphatic heterocycles. The van der Waals surface area contributed by atoms with Crippen molar-refractivity contribution in [1.29, 1.82) is 0 Å². The van der Waals surface area contributed by atoms with Crippen molar-refractivity contribution in [3.8, 4) is 0 Å². The number of urea groups is 1. The third-order valence-corrected chi connectivity index (χ3v) is 4.81. The van der Waals surface area contributed by atoms with Crippen molar-refractivity contribution in [3.05, 3.63) is 29.8 Å². The van der Waals surface area contributed by atoms with Gasteiger partial charge in [-0.15, -0.1) is 11.8 Å². The lowest BCUT2D eigenvalue weighted by atomic mass is 9.97. The van der Waals surface area contributed by atoms with Crippen molar-refractivity contribution < 1.29 is 14.7 Å². The normalized spacial score (nSPS) is 15.6. The quantitative estimate of drug-likeness (QED) is 0.646. The molecule has 0 bridgehead atoms. The van der Waals surface area contributed by atoms with Crippen LogP contribution in [-0.2, 0) is 4.79 Å². The number of likely N-dealkylation sites (tertiary alicyclic amines) is 1. The van der Waals surface area contributed by atoms with Crippen LogP contribution in [0.5, 0.6) is 0 Å². The second-order valence-corrected chi connectivity index (χ2v) is 6.66. The number of benzene rings is 1. The first kappa shape index (κ1) is 16.7. The van der Waals surface area contributed by atoms with Crippen molar-refractivity contribution in [3.63, 3.8) is 0 Å². The molecule has 5 nitrogen and oxygen atoms in total. The van der Waals surface area contributed by atoms with E-state index in [9.17, 15) is 9.59 Å². The smallest absolute Gasteiger partial charge is 0.317 e. The lowest BCUT2D eigenvalue weighted by molar-refractivity contribution is -0.143. The molecular formula is C16H22N2O3S. The second kappa shape index (κ2) is 8.08. The molecule has 6 heteroatoms. The number of amides is 2. The highest BCUT2D eigenvalue weighted by Gasteiger charge is 2.26. The van der Waals surface area contributed by atoms with Gasteiger partial charge in [-0.1, -0.05) is 17.7 Å². The molecule has 1 aromatic rings. The molecule has 0 radical (unpaired) electrons. The molecule has 1 fully saturated rings. The van der Waals surface area contributed by atoms with Crippen molar-refractivity contribution in [2.24, 2.45) is 5.92 Å².